The fourth-order valence-electron chi connectivity index (χ4n) is 3.94. The Morgan fingerprint density at radius 2 is 1.55 bits per heavy atom. The van der Waals surface area contributed by atoms with Gasteiger partial charge < -0.3 is 9.47 Å². The van der Waals surface area contributed by atoms with Gasteiger partial charge in [0, 0.05) is 11.1 Å². The molecule has 31 heavy (non-hydrogen) atoms. The van der Waals surface area contributed by atoms with Crippen molar-refractivity contribution in [1.82, 2.24) is 4.90 Å². The Balaban J connectivity index is 2.41. The maximum absolute atomic E-state index is 13.8. The molecule has 0 aromatic heterocycles. The smallest absolute Gasteiger partial charge is 0.239 e. The van der Waals surface area contributed by atoms with Gasteiger partial charge in [0.1, 0.15) is 20.4 Å². The lowest BCUT2D eigenvalue weighted by molar-refractivity contribution is -0.131. The van der Waals surface area contributed by atoms with E-state index in [2.05, 4.69) is 42.4 Å². The Bertz CT molecular complexity index is 922. The Hall–Kier alpha value is -1.85. The quantitative estimate of drug-likeness (QED) is 0.184. The van der Waals surface area contributed by atoms with Crippen molar-refractivity contribution in [2.24, 2.45) is 5.92 Å². The number of hydrogen-bond donors (Lipinski definition) is 0. The summed E-state index contributed by atoms with van der Waals surface area (Å²) in [6, 6.07) is 15.8. The van der Waals surface area contributed by atoms with Crippen LogP contribution in [0.5, 0.6) is 11.5 Å². The molecule has 0 N–H and O–H groups in total. The van der Waals surface area contributed by atoms with Crippen molar-refractivity contribution in [2.75, 3.05) is 13.2 Å². The van der Waals surface area contributed by atoms with E-state index in [1.54, 1.807) is 11.8 Å². The molecule has 0 saturated carbocycles. The van der Waals surface area contributed by atoms with Gasteiger partial charge in [-0.15, -0.1) is 18.2 Å². The minimum atomic E-state index is -0.873. The van der Waals surface area contributed by atoms with Gasteiger partial charge in [0.25, 0.3) is 0 Å². The number of rotatable bonds is 8. The minimum Gasteiger partial charge on any atom is -0.493 e. The number of ether oxygens (including phenoxy) is 2. The maximum Gasteiger partial charge on any atom is 0.239 e. The van der Waals surface area contributed by atoms with Crippen LogP contribution in [-0.2, 0) is 9.67 Å². The Kier molecular flexibility index (Phi) is 7.82. The Labute approximate surface area is 203 Å². The summed E-state index contributed by atoms with van der Waals surface area (Å²) in [4.78, 5) is 14.7. The molecule has 2 unspecified atom stereocenters. The van der Waals surface area contributed by atoms with Crippen LogP contribution in [0.15, 0.2) is 48.5 Å². The zero-order chi connectivity index (χ0) is 22.6. The summed E-state index contributed by atoms with van der Waals surface area (Å²) >= 11 is 3.80. The summed E-state index contributed by atoms with van der Waals surface area (Å²) < 4.78 is 11.6. The first kappa shape index (κ1) is 23.8. The number of alkyl halides is 1. The third-order valence-corrected chi connectivity index (χ3v) is 8.09. The van der Waals surface area contributed by atoms with Crippen LogP contribution in [0, 0.1) is 18.3 Å². The van der Waals surface area contributed by atoms with Crippen LogP contribution >= 0.6 is 34.4 Å². The number of nitrogens with zero attached hydrogens (tertiary/aromatic N) is 1. The second-order valence-electron chi connectivity index (χ2n) is 7.50. The molecular formula is C25H28INO3S. The molecule has 1 saturated heterocycles. The topological polar surface area (TPSA) is 38.8 Å². The van der Waals surface area contributed by atoms with Crippen molar-refractivity contribution in [2.45, 2.75) is 41.9 Å². The number of para-hydroxylation sites is 2. The van der Waals surface area contributed by atoms with Gasteiger partial charge in [-0.2, -0.15) is 0 Å². The highest BCUT2D eigenvalue weighted by atomic mass is 127. The largest absolute Gasteiger partial charge is 0.493 e. The lowest BCUT2D eigenvalue weighted by atomic mass is 9.93. The van der Waals surface area contributed by atoms with E-state index in [1.165, 1.54) is 0 Å². The fraction of sp³-hybridized carbons (Fsp3) is 0.400. The molecule has 0 spiro atoms. The summed E-state index contributed by atoms with van der Waals surface area (Å²) in [5, 5.41) is -0.241. The molecule has 1 amide bonds. The number of benzene rings is 2. The molecule has 2 atom stereocenters. The molecule has 3 rings (SSSR count). The van der Waals surface area contributed by atoms with Crippen LogP contribution in [0.1, 0.15) is 38.8 Å². The molecule has 4 nitrogen and oxygen atoms in total. The van der Waals surface area contributed by atoms with Gasteiger partial charge in [0.2, 0.25) is 5.91 Å². The first-order valence-corrected chi connectivity index (χ1v) is 12.6. The highest BCUT2D eigenvalue weighted by molar-refractivity contribution is 14.1. The lowest BCUT2D eigenvalue weighted by Crippen LogP contribution is -2.47. The van der Waals surface area contributed by atoms with E-state index in [1.807, 2.05) is 67.3 Å². The van der Waals surface area contributed by atoms with Gasteiger partial charge >= 0.3 is 0 Å². The zero-order valence-corrected chi connectivity index (χ0v) is 21.3. The highest BCUT2D eigenvalue weighted by Crippen LogP contribution is 2.59. The van der Waals surface area contributed by atoms with Crippen LogP contribution in [0.4, 0.5) is 0 Å². The van der Waals surface area contributed by atoms with Gasteiger partial charge in [-0.25, -0.2) is 0 Å². The number of amides is 1. The van der Waals surface area contributed by atoms with E-state index in [4.69, 9.17) is 15.9 Å². The SMILES string of the molecule is C#CC(I)N1C(=O)C(C(C)C)SC1(c1ccccc1OCC)c1ccccc1OCC. The summed E-state index contributed by atoms with van der Waals surface area (Å²) in [6.07, 6.45) is 5.88. The van der Waals surface area contributed by atoms with Crippen LogP contribution in [0.25, 0.3) is 0 Å². The summed E-state index contributed by atoms with van der Waals surface area (Å²) in [7, 11) is 0. The van der Waals surface area contributed by atoms with Gasteiger partial charge in [-0.3, -0.25) is 9.69 Å². The molecule has 2 aromatic rings. The summed E-state index contributed by atoms with van der Waals surface area (Å²) in [5.74, 6) is 4.45. The van der Waals surface area contributed by atoms with Gasteiger partial charge in [0.15, 0.2) is 0 Å². The van der Waals surface area contributed by atoms with Crippen LogP contribution < -0.4 is 9.47 Å². The lowest BCUT2D eigenvalue weighted by Gasteiger charge is -2.41. The molecule has 0 aliphatic carbocycles. The highest BCUT2D eigenvalue weighted by Gasteiger charge is 2.58. The van der Waals surface area contributed by atoms with Crippen molar-refractivity contribution in [1.29, 1.82) is 0 Å². The first-order chi connectivity index (χ1) is 14.9. The summed E-state index contributed by atoms with van der Waals surface area (Å²) in [6.45, 7) is 9.11. The predicted octanol–water partition coefficient (Wildman–Crippen LogP) is 5.68. The number of thioether (sulfide) groups is 1. The Morgan fingerprint density at radius 1 is 1.06 bits per heavy atom. The molecular weight excluding hydrogens is 521 g/mol. The van der Waals surface area contributed by atoms with Crippen molar-refractivity contribution < 1.29 is 14.3 Å². The number of terminal acetylenes is 1. The van der Waals surface area contributed by atoms with Crippen molar-refractivity contribution in [3.8, 4) is 23.8 Å². The van der Waals surface area contributed by atoms with Crippen molar-refractivity contribution >= 4 is 40.3 Å². The minimum absolute atomic E-state index is 0.0370. The maximum atomic E-state index is 13.8. The predicted molar refractivity (Wildman–Crippen MR) is 136 cm³/mol. The number of halogens is 1. The second-order valence-corrected chi connectivity index (χ2v) is 10.0. The number of carbonyl (C=O) groups is 1. The van der Waals surface area contributed by atoms with Crippen LogP contribution in [0.3, 0.4) is 0 Å². The molecule has 2 aromatic carbocycles. The van der Waals surface area contributed by atoms with Gasteiger partial charge in [-0.05, 0) is 54.5 Å². The molecule has 1 heterocycles. The molecule has 6 heteroatoms. The van der Waals surface area contributed by atoms with Crippen molar-refractivity contribution in [3.05, 3.63) is 59.7 Å². The van der Waals surface area contributed by atoms with Gasteiger partial charge in [0.05, 0.1) is 18.5 Å². The normalized spacial score (nSPS) is 18.7. The Morgan fingerprint density at radius 3 is 1.97 bits per heavy atom. The first-order valence-electron chi connectivity index (χ1n) is 10.5. The van der Waals surface area contributed by atoms with E-state index < -0.39 is 8.92 Å². The van der Waals surface area contributed by atoms with Crippen LogP contribution in [0.2, 0.25) is 0 Å². The molecule has 1 aliphatic heterocycles. The third-order valence-electron chi connectivity index (χ3n) is 5.19. The average molecular weight is 549 g/mol. The molecule has 0 radical (unpaired) electrons. The standard InChI is InChI=1S/C25H28INO3S/c1-6-22(26)27-24(28)23(17(4)5)31-25(27,18-13-9-11-15-20(18)29-7-2)19-14-10-12-16-21(19)30-8-3/h1,9-17,22-23H,7-8H2,2-5H3. The van der Waals surface area contributed by atoms with E-state index in [9.17, 15) is 4.79 Å². The number of carbonyl (C=O) groups excluding carboxylic acids is 1. The monoisotopic (exact) mass is 549 g/mol. The van der Waals surface area contributed by atoms with E-state index >= 15 is 0 Å². The molecule has 164 valence electrons. The third kappa shape index (κ3) is 4.27. The number of hydrogen-bond acceptors (Lipinski definition) is 4. The molecule has 1 aliphatic rings. The second kappa shape index (κ2) is 10.2. The summed E-state index contributed by atoms with van der Waals surface area (Å²) in [5.41, 5.74) is 1.81. The van der Waals surface area contributed by atoms with Crippen LogP contribution in [-0.4, -0.2) is 33.3 Å². The van der Waals surface area contributed by atoms with E-state index in [0.29, 0.717) is 13.2 Å². The van der Waals surface area contributed by atoms with E-state index in [-0.39, 0.29) is 17.1 Å². The van der Waals surface area contributed by atoms with E-state index in [0.717, 1.165) is 22.6 Å². The zero-order valence-electron chi connectivity index (χ0n) is 18.3. The molecule has 0 bridgehead atoms. The fourth-order valence-corrected chi connectivity index (χ4v) is 6.57. The average Bonchev–Trinajstić information content (AvgIpc) is 3.08. The molecule has 1 fully saturated rings. The van der Waals surface area contributed by atoms with Gasteiger partial charge in [-0.1, -0.05) is 56.2 Å². The van der Waals surface area contributed by atoms with Crippen molar-refractivity contribution in [3.63, 3.8) is 0 Å².